The van der Waals surface area contributed by atoms with Crippen LogP contribution in [0.3, 0.4) is 0 Å². The van der Waals surface area contributed by atoms with Gasteiger partial charge < -0.3 is 4.57 Å². The highest BCUT2D eigenvalue weighted by Crippen LogP contribution is 2.44. The highest BCUT2D eigenvalue weighted by Gasteiger charge is 2.23. The van der Waals surface area contributed by atoms with Gasteiger partial charge in [0.05, 0.1) is 0 Å². The third kappa shape index (κ3) is 5.97. The molecule has 0 aliphatic heterocycles. The summed E-state index contributed by atoms with van der Waals surface area (Å²) in [6.07, 6.45) is 6.96. The van der Waals surface area contributed by atoms with Crippen LogP contribution in [0.25, 0.3) is 0 Å². The molecule has 0 bridgehead atoms. The summed E-state index contributed by atoms with van der Waals surface area (Å²) in [6.45, 7) is 7.55. The maximum absolute atomic E-state index is 13.9. The van der Waals surface area contributed by atoms with Gasteiger partial charge in [0.1, 0.15) is 0 Å². The molecule has 0 heterocycles. The third-order valence-corrected chi connectivity index (χ3v) is 7.38. The van der Waals surface area contributed by atoms with Gasteiger partial charge in [-0.15, -0.1) is 0 Å². The smallest absolute Gasteiger partial charge is 0.163 e. The van der Waals surface area contributed by atoms with E-state index in [1.807, 2.05) is 66.5 Å². The third-order valence-electron chi connectivity index (χ3n) is 4.61. The summed E-state index contributed by atoms with van der Waals surface area (Å²) in [6, 6.07) is 19.7. The van der Waals surface area contributed by atoms with Crippen LogP contribution in [-0.2, 0) is 4.57 Å². The number of nitrogens with zero attached hydrogens (tertiary/aromatic N) is 1. The van der Waals surface area contributed by atoms with E-state index < -0.39 is 7.14 Å². The molecular formula is C23H32NOP. The van der Waals surface area contributed by atoms with Crippen LogP contribution in [-0.4, -0.2) is 24.5 Å². The van der Waals surface area contributed by atoms with Crippen molar-refractivity contribution >= 4 is 17.8 Å². The predicted molar refractivity (Wildman–Crippen MR) is 115 cm³/mol. The van der Waals surface area contributed by atoms with Gasteiger partial charge in [-0.3, -0.25) is 4.90 Å². The lowest BCUT2D eigenvalue weighted by Crippen LogP contribution is -2.26. The Morgan fingerprint density at radius 1 is 0.808 bits per heavy atom. The molecular weight excluding hydrogens is 337 g/mol. The second-order valence-electron chi connectivity index (χ2n) is 6.72. The van der Waals surface area contributed by atoms with Crippen LogP contribution in [0, 0.1) is 0 Å². The van der Waals surface area contributed by atoms with Gasteiger partial charge in [0.2, 0.25) is 0 Å². The summed E-state index contributed by atoms with van der Waals surface area (Å²) >= 11 is 0. The topological polar surface area (TPSA) is 20.3 Å². The Balaban J connectivity index is 2.21. The first-order valence-electron chi connectivity index (χ1n) is 9.81. The quantitative estimate of drug-likeness (QED) is 0.493. The number of unbranched alkanes of at least 4 members (excludes halogenated alkanes) is 2. The van der Waals surface area contributed by atoms with E-state index in [1.54, 1.807) is 0 Å². The van der Waals surface area contributed by atoms with E-state index in [0.717, 1.165) is 30.2 Å². The van der Waals surface area contributed by atoms with Crippen molar-refractivity contribution in [3.05, 3.63) is 72.6 Å². The summed E-state index contributed by atoms with van der Waals surface area (Å²) in [5, 5.41) is 1.80. The van der Waals surface area contributed by atoms with Gasteiger partial charge in [-0.05, 0) is 31.7 Å². The molecule has 0 aromatic heterocycles. The molecule has 3 heteroatoms. The zero-order chi connectivity index (χ0) is 18.7. The van der Waals surface area contributed by atoms with Crippen molar-refractivity contribution in [3.8, 4) is 0 Å². The average Bonchev–Trinajstić information content (AvgIpc) is 2.70. The zero-order valence-electron chi connectivity index (χ0n) is 16.2. The maximum Gasteiger partial charge on any atom is 0.163 e. The maximum atomic E-state index is 13.9. The molecule has 140 valence electrons. The summed E-state index contributed by atoms with van der Waals surface area (Å²) in [7, 11) is -2.74. The summed E-state index contributed by atoms with van der Waals surface area (Å²) in [5.41, 5.74) is 0. The van der Waals surface area contributed by atoms with Crippen molar-refractivity contribution in [3.63, 3.8) is 0 Å². The normalized spacial score (nSPS) is 12.1. The number of hydrogen-bond donors (Lipinski definition) is 0. The van der Waals surface area contributed by atoms with E-state index in [4.69, 9.17) is 0 Å². The largest absolute Gasteiger partial charge is 0.309 e. The molecule has 0 N–H and O–H groups in total. The molecule has 0 aliphatic carbocycles. The monoisotopic (exact) mass is 369 g/mol. The summed E-state index contributed by atoms with van der Waals surface area (Å²) < 4.78 is 13.9. The molecule has 0 spiro atoms. The Morgan fingerprint density at radius 3 is 1.69 bits per heavy atom. The fourth-order valence-electron chi connectivity index (χ4n) is 3.02. The molecule has 2 aromatic carbocycles. The lowest BCUT2D eigenvalue weighted by atomic mass is 10.2. The van der Waals surface area contributed by atoms with Crippen LogP contribution >= 0.6 is 7.14 Å². The minimum atomic E-state index is -2.74. The van der Waals surface area contributed by atoms with Crippen molar-refractivity contribution in [1.29, 1.82) is 0 Å². The van der Waals surface area contributed by atoms with E-state index in [2.05, 4.69) is 24.8 Å². The molecule has 26 heavy (non-hydrogen) atoms. The van der Waals surface area contributed by atoms with Gasteiger partial charge in [0.15, 0.2) is 7.14 Å². The van der Waals surface area contributed by atoms with Crippen LogP contribution in [0.5, 0.6) is 0 Å². The van der Waals surface area contributed by atoms with Crippen molar-refractivity contribution in [2.45, 2.75) is 39.5 Å². The van der Waals surface area contributed by atoms with Gasteiger partial charge in [0, 0.05) is 17.2 Å². The molecule has 0 radical (unpaired) electrons. The first-order valence-corrected chi connectivity index (χ1v) is 11.6. The summed E-state index contributed by atoms with van der Waals surface area (Å²) in [5.74, 6) is 1.96. The Hall–Kier alpha value is -1.63. The molecule has 0 amide bonds. The predicted octanol–water partition coefficient (Wildman–Crippen LogP) is 5.42. The van der Waals surface area contributed by atoms with Gasteiger partial charge >= 0.3 is 0 Å². The van der Waals surface area contributed by atoms with Gasteiger partial charge in [0.25, 0.3) is 0 Å². The van der Waals surface area contributed by atoms with E-state index in [-0.39, 0.29) is 0 Å². The Kier molecular flexibility index (Phi) is 8.88. The zero-order valence-corrected chi connectivity index (χ0v) is 17.1. The van der Waals surface area contributed by atoms with Gasteiger partial charge in [-0.2, -0.15) is 0 Å². The van der Waals surface area contributed by atoms with Crippen LogP contribution < -0.4 is 10.6 Å². The van der Waals surface area contributed by atoms with E-state index in [9.17, 15) is 4.57 Å². The van der Waals surface area contributed by atoms with Crippen molar-refractivity contribution in [2.75, 3.05) is 19.6 Å². The molecule has 0 atom stereocenters. The Morgan fingerprint density at radius 2 is 1.27 bits per heavy atom. The van der Waals surface area contributed by atoms with E-state index in [0.29, 0.717) is 0 Å². The lowest BCUT2D eigenvalue weighted by molar-refractivity contribution is 0.292. The van der Waals surface area contributed by atoms with Crippen molar-refractivity contribution < 1.29 is 4.57 Å². The number of rotatable bonds is 11. The fourth-order valence-corrected chi connectivity index (χ4v) is 5.29. The molecule has 0 saturated carbocycles. The number of benzene rings is 2. The van der Waals surface area contributed by atoms with E-state index in [1.165, 1.54) is 25.7 Å². The molecule has 2 nitrogen and oxygen atoms in total. The minimum Gasteiger partial charge on any atom is -0.309 e. The highest BCUT2D eigenvalue weighted by atomic mass is 31.2. The second kappa shape index (κ2) is 11.2. The molecule has 0 saturated heterocycles. The Bertz CT molecular complexity index is 645. The molecule has 2 rings (SSSR count). The first-order chi connectivity index (χ1) is 12.7. The molecule has 2 aromatic rings. The van der Waals surface area contributed by atoms with Crippen molar-refractivity contribution in [1.82, 2.24) is 4.90 Å². The summed E-state index contributed by atoms with van der Waals surface area (Å²) in [4.78, 5) is 2.48. The second-order valence-corrected chi connectivity index (χ2v) is 9.37. The minimum absolute atomic E-state index is 0.865. The number of hydrogen-bond acceptors (Lipinski definition) is 2. The van der Waals surface area contributed by atoms with Crippen LogP contribution in [0.15, 0.2) is 72.6 Å². The highest BCUT2D eigenvalue weighted by molar-refractivity contribution is 7.81. The van der Waals surface area contributed by atoms with Crippen LogP contribution in [0.1, 0.15) is 39.5 Å². The van der Waals surface area contributed by atoms with Crippen LogP contribution in [0.2, 0.25) is 0 Å². The Labute approximate surface area is 159 Å². The lowest BCUT2D eigenvalue weighted by Gasteiger charge is -2.21. The average molecular weight is 369 g/mol. The van der Waals surface area contributed by atoms with Gasteiger partial charge in [-0.1, -0.05) is 93.4 Å². The standard InChI is InChI=1S/C23H32NOP/c1-3-5-18-24(19-6-4-2)20-13-21-26(25,22-14-9-7-10-15-22)23-16-11-8-12-17-23/h7-17,21H,3-6,18-20H2,1-2H3. The molecule has 0 fully saturated rings. The van der Waals surface area contributed by atoms with Gasteiger partial charge in [-0.25, -0.2) is 0 Å². The fraction of sp³-hybridized carbons (Fsp3) is 0.391. The molecule has 0 aliphatic rings. The molecule has 0 unspecified atom stereocenters. The first kappa shape index (κ1) is 20.7. The van der Waals surface area contributed by atoms with Crippen LogP contribution in [0.4, 0.5) is 0 Å². The van der Waals surface area contributed by atoms with Crippen molar-refractivity contribution in [2.24, 2.45) is 0 Å². The SMILES string of the molecule is CCCCN(CC=CP(=O)(c1ccccc1)c1ccccc1)CCCC. The van der Waals surface area contributed by atoms with E-state index >= 15 is 0 Å².